The van der Waals surface area contributed by atoms with Crippen LogP contribution in [0.5, 0.6) is 11.5 Å². The molecule has 2 N–H and O–H groups in total. The molecule has 0 aliphatic heterocycles. The normalized spacial score (nSPS) is 14.7. The highest BCUT2D eigenvalue weighted by molar-refractivity contribution is 5.84. The average Bonchev–Trinajstić information content (AvgIpc) is 3.56. The summed E-state index contributed by atoms with van der Waals surface area (Å²) in [4.78, 5) is 0. The summed E-state index contributed by atoms with van der Waals surface area (Å²) in [5, 5.41) is 20.3. The van der Waals surface area contributed by atoms with Crippen LogP contribution in [0.2, 0.25) is 0 Å². The Morgan fingerprint density at radius 3 is 0.913 bits per heavy atom. The minimum absolute atomic E-state index is 0.239. The SMILES string of the molecule is Oc1ccc(C2(CCCCCCC3(c4ccc(O)cc4)c4ccccc4-c4ccccc43)c3ccccc3-c3ccccc32)cc1. The van der Waals surface area contributed by atoms with E-state index in [4.69, 9.17) is 0 Å². The van der Waals surface area contributed by atoms with E-state index < -0.39 is 0 Å². The first-order chi connectivity index (χ1) is 22.6. The van der Waals surface area contributed by atoms with Crippen LogP contribution in [0.3, 0.4) is 0 Å². The molecule has 2 aliphatic carbocycles. The third kappa shape index (κ3) is 4.31. The molecule has 2 aliphatic rings. The second-order valence-electron chi connectivity index (χ2n) is 13.0. The van der Waals surface area contributed by atoms with Gasteiger partial charge in [-0.3, -0.25) is 0 Å². The van der Waals surface area contributed by atoms with Gasteiger partial charge in [0.25, 0.3) is 0 Å². The summed E-state index contributed by atoms with van der Waals surface area (Å²) in [6, 6.07) is 51.3. The summed E-state index contributed by atoms with van der Waals surface area (Å²) < 4.78 is 0. The van der Waals surface area contributed by atoms with E-state index in [2.05, 4.69) is 121 Å². The Hall–Kier alpha value is -5.08. The van der Waals surface area contributed by atoms with Gasteiger partial charge in [-0.25, -0.2) is 0 Å². The van der Waals surface area contributed by atoms with E-state index in [9.17, 15) is 10.2 Å². The maximum absolute atomic E-state index is 10.2. The van der Waals surface area contributed by atoms with Gasteiger partial charge in [0.1, 0.15) is 11.5 Å². The quantitative estimate of drug-likeness (QED) is 0.163. The highest BCUT2D eigenvalue weighted by atomic mass is 16.3. The van der Waals surface area contributed by atoms with E-state index in [0.717, 1.165) is 38.5 Å². The zero-order valence-electron chi connectivity index (χ0n) is 26.0. The Labute approximate surface area is 271 Å². The largest absolute Gasteiger partial charge is 0.508 e. The van der Waals surface area contributed by atoms with E-state index in [-0.39, 0.29) is 10.8 Å². The van der Waals surface area contributed by atoms with Gasteiger partial charge in [-0.2, -0.15) is 0 Å². The Morgan fingerprint density at radius 2 is 0.609 bits per heavy atom. The molecule has 0 amide bonds. The first-order valence-electron chi connectivity index (χ1n) is 16.6. The van der Waals surface area contributed by atoms with Crippen molar-refractivity contribution >= 4 is 0 Å². The number of benzene rings is 6. The molecule has 46 heavy (non-hydrogen) atoms. The number of phenols is 2. The number of hydrogen-bond donors (Lipinski definition) is 2. The molecule has 0 spiro atoms. The molecule has 226 valence electrons. The molecular formula is C44H38O2. The molecule has 0 atom stereocenters. The van der Waals surface area contributed by atoms with Gasteiger partial charge in [-0.1, -0.05) is 147 Å². The summed E-state index contributed by atoms with van der Waals surface area (Å²) in [6.07, 6.45) is 6.51. The zero-order chi connectivity index (χ0) is 31.1. The molecule has 2 nitrogen and oxygen atoms in total. The van der Waals surface area contributed by atoms with Gasteiger partial charge in [-0.05, 0) is 92.7 Å². The molecule has 0 saturated carbocycles. The van der Waals surface area contributed by atoms with Crippen LogP contribution in [0.25, 0.3) is 22.3 Å². The summed E-state index contributed by atoms with van der Waals surface area (Å²) in [5.74, 6) is 0.604. The van der Waals surface area contributed by atoms with Crippen molar-refractivity contribution in [2.45, 2.75) is 49.4 Å². The number of hydrogen-bond acceptors (Lipinski definition) is 2. The van der Waals surface area contributed by atoms with Crippen LogP contribution in [0, 0.1) is 0 Å². The molecule has 0 radical (unpaired) electrons. The lowest BCUT2D eigenvalue weighted by atomic mass is 9.68. The molecular weight excluding hydrogens is 560 g/mol. The van der Waals surface area contributed by atoms with Crippen molar-refractivity contribution in [3.05, 3.63) is 179 Å². The van der Waals surface area contributed by atoms with Crippen molar-refractivity contribution in [3.8, 4) is 33.8 Å². The molecule has 0 unspecified atom stereocenters. The smallest absolute Gasteiger partial charge is 0.115 e. The fraction of sp³-hybridized carbons (Fsp3) is 0.182. The van der Waals surface area contributed by atoms with E-state index >= 15 is 0 Å². The molecule has 0 saturated heterocycles. The second kappa shape index (κ2) is 11.4. The van der Waals surface area contributed by atoms with Crippen LogP contribution in [-0.2, 0) is 10.8 Å². The molecule has 8 rings (SSSR count). The highest BCUT2D eigenvalue weighted by Crippen LogP contribution is 2.56. The molecule has 0 heterocycles. The number of rotatable bonds is 9. The third-order valence-electron chi connectivity index (χ3n) is 10.7. The molecule has 0 fully saturated rings. The predicted molar refractivity (Wildman–Crippen MR) is 187 cm³/mol. The van der Waals surface area contributed by atoms with Crippen LogP contribution in [0.15, 0.2) is 146 Å². The number of fused-ring (bicyclic) bond motifs is 6. The van der Waals surface area contributed by atoms with E-state index in [1.807, 2.05) is 24.3 Å². The summed E-state index contributed by atoms with van der Waals surface area (Å²) in [6.45, 7) is 0. The Bertz CT molecular complexity index is 1780. The fourth-order valence-electron chi connectivity index (χ4n) is 8.73. The number of phenolic OH excluding ortho intramolecular Hbond substituents is 2. The summed E-state index contributed by atoms with van der Waals surface area (Å²) in [7, 11) is 0. The fourth-order valence-corrected chi connectivity index (χ4v) is 8.73. The maximum atomic E-state index is 10.2. The lowest BCUT2D eigenvalue weighted by molar-refractivity contribution is 0.468. The van der Waals surface area contributed by atoms with Gasteiger partial charge in [0.15, 0.2) is 0 Å². The highest BCUT2D eigenvalue weighted by Gasteiger charge is 2.45. The minimum atomic E-state index is -0.239. The van der Waals surface area contributed by atoms with E-state index in [0.29, 0.717) is 11.5 Å². The van der Waals surface area contributed by atoms with Crippen LogP contribution in [0.4, 0.5) is 0 Å². The predicted octanol–water partition coefficient (Wildman–Crippen LogP) is 10.8. The Balaban J connectivity index is 1.08. The first kappa shape index (κ1) is 28.4. The lowest BCUT2D eigenvalue weighted by Crippen LogP contribution is -2.27. The molecule has 6 aromatic carbocycles. The third-order valence-corrected chi connectivity index (χ3v) is 10.7. The van der Waals surface area contributed by atoms with Gasteiger partial charge >= 0.3 is 0 Å². The lowest BCUT2D eigenvalue weighted by Gasteiger charge is -2.34. The number of unbranched alkanes of at least 4 members (excludes halogenated alkanes) is 3. The van der Waals surface area contributed by atoms with Crippen LogP contribution in [0.1, 0.15) is 71.9 Å². The van der Waals surface area contributed by atoms with E-state index in [1.165, 1.54) is 55.6 Å². The molecule has 6 aromatic rings. The maximum Gasteiger partial charge on any atom is 0.115 e. The van der Waals surface area contributed by atoms with Crippen LogP contribution in [-0.4, -0.2) is 10.2 Å². The van der Waals surface area contributed by atoms with Crippen molar-refractivity contribution in [2.75, 3.05) is 0 Å². The van der Waals surface area contributed by atoms with E-state index in [1.54, 1.807) is 0 Å². The second-order valence-corrected chi connectivity index (χ2v) is 13.0. The van der Waals surface area contributed by atoms with Gasteiger partial charge in [-0.15, -0.1) is 0 Å². The topological polar surface area (TPSA) is 40.5 Å². The first-order valence-corrected chi connectivity index (χ1v) is 16.6. The van der Waals surface area contributed by atoms with Crippen molar-refractivity contribution in [1.29, 1.82) is 0 Å². The van der Waals surface area contributed by atoms with Crippen molar-refractivity contribution in [1.82, 2.24) is 0 Å². The monoisotopic (exact) mass is 598 g/mol. The minimum Gasteiger partial charge on any atom is -0.508 e. The Morgan fingerprint density at radius 1 is 0.326 bits per heavy atom. The molecule has 2 heteroatoms. The van der Waals surface area contributed by atoms with Crippen molar-refractivity contribution < 1.29 is 10.2 Å². The van der Waals surface area contributed by atoms with Gasteiger partial charge < -0.3 is 10.2 Å². The average molecular weight is 599 g/mol. The number of aromatic hydroxyl groups is 2. The van der Waals surface area contributed by atoms with Gasteiger partial charge in [0.2, 0.25) is 0 Å². The molecule has 0 aromatic heterocycles. The summed E-state index contributed by atoms with van der Waals surface area (Å²) in [5.41, 5.74) is 12.8. The zero-order valence-corrected chi connectivity index (χ0v) is 26.0. The molecule has 0 bridgehead atoms. The van der Waals surface area contributed by atoms with Crippen molar-refractivity contribution in [2.24, 2.45) is 0 Å². The standard InChI is InChI=1S/C44H38O2/c45-33-25-21-31(22-26-33)43(39-17-7-3-13-35(39)36-14-4-8-18-40(36)43)29-11-1-2-12-30-44(32-23-27-34(46)28-24-32)41-19-9-5-15-37(41)38-16-6-10-20-42(38)44/h3-10,13-28,45-46H,1-2,11-12,29-30H2. The van der Waals surface area contributed by atoms with Gasteiger partial charge in [0, 0.05) is 10.8 Å². The summed E-state index contributed by atoms with van der Waals surface area (Å²) >= 11 is 0. The van der Waals surface area contributed by atoms with Crippen LogP contribution >= 0.6 is 0 Å². The van der Waals surface area contributed by atoms with Gasteiger partial charge in [0.05, 0.1) is 0 Å². The van der Waals surface area contributed by atoms with Crippen LogP contribution < -0.4 is 0 Å². The van der Waals surface area contributed by atoms with Crippen molar-refractivity contribution in [3.63, 3.8) is 0 Å². The Kier molecular flexibility index (Phi) is 7.02.